The van der Waals surface area contributed by atoms with E-state index in [0.717, 1.165) is 27.6 Å². The maximum atomic E-state index is 12.6. The molecule has 185 valence electrons. The van der Waals surface area contributed by atoms with Crippen molar-refractivity contribution in [1.82, 2.24) is 9.97 Å². The van der Waals surface area contributed by atoms with Crippen molar-refractivity contribution in [1.29, 1.82) is 0 Å². The number of rotatable bonds is 4. The van der Waals surface area contributed by atoms with Gasteiger partial charge in [0.2, 0.25) is 6.43 Å². The molecule has 4 aromatic carbocycles. The molecule has 0 bridgehead atoms. The molecular formula is C32H22F2IrN2-2. The number of pyridine rings is 2. The zero-order chi connectivity index (χ0) is 24.7. The molecule has 5 heteroatoms. The Kier molecular flexibility index (Phi) is 8.84. The third-order valence-corrected chi connectivity index (χ3v) is 5.76. The fourth-order valence-corrected chi connectivity index (χ4v) is 4.14. The van der Waals surface area contributed by atoms with Crippen molar-refractivity contribution in [2.45, 2.75) is 12.8 Å². The summed E-state index contributed by atoms with van der Waals surface area (Å²) >= 11 is 0. The molecular weight excluding hydrogens is 643 g/mol. The Balaban J connectivity index is 0.000000172. The van der Waals surface area contributed by atoms with Gasteiger partial charge in [0.1, 0.15) is 0 Å². The standard InChI is InChI=1S/C17H12F2N.C15H10N.Ir/c18-16(19)11-14-10-13-8-4-5-9-15(13)17(20-14)12-6-2-1-3-7-12;1-2-7-13(8-3-1)15-14-9-5-4-6-12(14)10-11-16-15;/h1-6,8-10,16H,11H2;1-7,9-11H;/q2*-1;. The Bertz CT molecular complexity index is 1580. The van der Waals surface area contributed by atoms with Crippen molar-refractivity contribution in [3.8, 4) is 22.5 Å². The zero-order valence-electron chi connectivity index (χ0n) is 19.7. The molecule has 0 spiro atoms. The predicted octanol–water partition coefficient (Wildman–Crippen LogP) is 8.21. The molecule has 37 heavy (non-hydrogen) atoms. The Hall–Kier alpha value is -3.79. The van der Waals surface area contributed by atoms with Crippen molar-refractivity contribution in [2.24, 2.45) is 0 Å². The average molecular weight is 665 g/mol. The van der Waals surface area contributed by atoms with Crippen LogP contribution in [0.2, 0.25) is 0 Å². The number of hydrogen-bond donors (Lipinski definition) is 0. The fourth-order valence-electron chi connectivity index (χ4n) is 4.14. The molecule has 0 aliphatic rings. The molecule has 0 atom stereocenters. The van der Waals surface area contributed by atoms with E-state index < -0.39 is 6.43 Å². The molecule has 0 amide bonds. The van der Waals surface area contributed by atoms with Crippen molar-refractivity contribution >= 4 is 21.5 Å². The molecule has 1 radical (unpaired) electrons. The van der Waals surface area contributed by atoms with Crippen LogP contribution in [0.15, 0.2) is 115 Å². The summed E-state index contributed by atoms with van der Waals surface area (Å²) in [6.45, 7) is 0. The van der Waals surface area contributed by atoms with Crippen LogP contribution >= 0.6 is 0 Å². The Morgan fingerprint density at radius 2 is 1.22 bits per heavy atom. The van der Waals surface area contributed by atoms with Gasteiger partial charge in [0.15, 0.2) is 0 Å². The largest absolute Gasteiger partial charge is 0.304 e. The van der Waals surface area contributed by atoms with E-state index in [0.29, 0.717) is 11.4 Å². The molecule has 0 aliphatic carbocycles. The van der Waals surface area contributed by atoms with E-state index in [2.05, 4.69) is 34.2 Å². The van der Waals surface area contributed by atoms with Crippen LogP contribution in [0.25, 0.3) is 44.1 Å². The number of alkyl halides is 2. The first-order chi connectivity index (χ1) is 17.7. The number of benzene rings is 4. The third kappa shape index (κ3) is 6.32. The maximum absolute atomic E-state index is 12.6. The minimum atomic E-state index is -2.39. The van der Waals surface area contributed by atoms with Crippen LogP contribution in [0.5, 0.6) is 0 Å². The summed E-state index contributed by atoms with van der Waals surface area (Å²) in [5.74, 6) is 0. The predicted molar refractivity (Wildman–Crippen MR) is 142 cm³/mol. The number of aromatic nitrogens is 2. The minimum Gasteiger partial charge on any atom is -0.304 e. The quantitative estimate of drug-likeness (QED) is 0.178. The van der Waals surface area contributed by atoms with Crippen LogP contribution in [-0.4, -0.2) is 16.4 Å². The normalized spacial score (nSPS) is 10.6. The van der Waals surface area contributed by atoms with Crippen molar-refractivity contribution in [3.05, 3.63) is 133 Å². The van der Waals surface area contributed by atoms with E-state index in [-0.39, 0.29) is 26.5 Å². The third-order valence-electron chi connectivity index (χ3n) is 5.76. The van der Waals surface area contributed by atoms with Gasteiger partial charge in [-0.3, -0.25) is 0 Å². The molecule has 0 unspecified atom stereocenters. The molecule has 2 heterocycles. The first-order valence-electron chi connectivity index (χ1n) is 11.6. The first kappa shape index (κ1) is 26.3. The number of fused-ring (bicyclic) bond motifs is 2. The van der Waals surface area contributed by atoms with Gasteiger partial charge in [0.25, 0.3) is 0 Å². The molecule has 2 nitrogen and oxygen atoms in total. The molecule has 2 aromatic heterocycles. The summed E-state index contributed by atoms with van der Waals surface area (Å²) in [6, 6.07) is 41.4. The summed E-state index contributed by atoms with van der Waals surface area (Å²) in [4.78, 5) is 8.85. The van der Waals surface area contributed by atoms with Crippen LogP contribution in [0, 0.1) is 12.1 Å². The number of halogens is 2. The van der Waals surface area contributed by atoms with Gasteiger partial charge in [-0.05, 0) is 45.1 Å². The zero-order valence-corrected chi connectivity index (χ0v) is 22.1. The molecule has 0 saturated carbocycles. The van der Waals surface area contributed by atoms with E-state index in [1.54, 1.807) is 12.1 Å². The second kappa shape index (κ2) is 12.4. The van der Waals surface area contributed by atoms with Crippen molar-refractivity contribution in [2.75, 3.05) is 0 Å². The summed E-state index contributed by atoms with van der Waals surface area (Å²) in [6.07, 6.45) is -0.875. The van der Waals surface area contributed by atoms with Gasteiger partial charge in [-0.15, -0.1) is 71.8 Å². The second-order valence-corrected chi connectivity index (χ2v) is 8.21. The molecule has 6 rings (SSSR count). The van der Waals surface area contributed by atoms with Crippen LogP contribution in [0.1, 0.15) is 5.69 Å². The Morgan fingerprint density at radius 1 is 0.649 bits per heavy atom. The monoisotopic (exact) mass is 665 g/mol. The van der Waals surface area contributed by atoms with Crippen molar-refractivity contribution < 1.29 is 28.9 Å². The summed E-state index contributed by atoms with van der Waals surface area (Å²) in [5, 5.41) is 4.26. The van der Waals surface area contributed by atoms with Gasteiger partial charge in [-0.2, -0.15) is 0 Å². The van der Waals surface area contributed by atoms with Gasteiger partial charge >= 0.3 is 0 Å². The topological polar surface area (TPSA) is 25.8 Å². The Labute approximate surface area is 228 Å². The number of nitrogens with zero attached hydrogens (tertiary/aromatic N) is 2. The Morgan fingerprint density at radius 3 is 1.84 bits per heavy atom. The number of hydrogen-bond acceptors (Lipinski definition) is 2. The van der Waals surface area contributed by atoms with Crippen LogP contribution in [0.3, 0.4) is 0 Å². The van der Waals surface area contributed by atoms with Gasteiger partial charge in [-0.1, -0.05) is 48.5 Å². The fraction of sp³-hybridized carbons (Fsp3) is 0.0625. The molecule has 0 fully saturated rings. The molecule has 0 aliphatic heterocycles. The average Bonchev–Trinajstić information content (AvgIpc) is 2.93. The van der Waals surface area contributed by atoms with E-state index in [4.69, 9.17) is 0 Å². The minimum absolute atomic E-state index is 0. The van der Waals surface area contributed by atoms with Crippen molar-refractivity contribution in [3.63, 3.8) is 0 Å². The van der Waals surface area contributed by atoms with E-state index >= 15 is 0 Å². The van der Waals surface area contributed by atoms with Gasteiger partial charge in [-0.25, -0.2) is 8.78 Å². The maximum Gasteiger partial charge on any atom is 0.244 e. The SMILES string of the molecule is FC(F)Cc1cc2ccccc2c(-c2[c-]cccc2)n1.[Ir].[c-]1ccccc1-c1nccc2ccccc12. The van der Waals surface area contributed by atoms with Crippen LogP contribution < -0.4 is 0 Å². The summed E-state index contributed by atoms with van der Waals surface area (Å²) < 4.78 is 25.2. The van der Waals surface area contributed by atoms with E-state index in [9.17, 15) is 8.78 Å². The van der Waals surface area contributed by atoms with Gasteiger partial charge < -0.3 is 9.97 Å². The van der Waals surface area contributed by atoms with E-state index in [1.165, 1.54) is 10.8 Å². The van der Waals surface area contributed by atoms with Gasteiger partial charge in [0, 0.05) is 38.4 Å². The second-order valence-electron chi connectivity index (χ2n) is 8.21. The molecule has 0 N–H and O–H groups in total. The summed E-state index contributed by atoms with van der Waals surface area (Å²) in [7, 11) is 0. The van der Waals surface area contributed by atoms with Crippen LogP contribution in [0.4, 0.5) is 8.78 Å². The van der Waals surface area contributed by atoms with Crippen LogP contribution in [-0.2, 0) is 26.5 Å². The van der Waals surface area contributed by atoms with E-state index in [1.807, 2.05) is 91.1 Å². The molecule has 0 saturated heterocycles. The van der Waals surface area contributed by atoms with Gasteiger partial charge in [0.05, 0.1) is 0 Å². The summed E-state index contributed by atoms with van der Waals surface area (Å²) in [5.41, 5.74) is 3.98. The molecule has 6 aromatic rings. The smallest absolute Gasteiger partial charge is 0.244 e. The first-order valence-corrected chi connectivity index (χ1v) is 11.6.